The zero-order valence-corrected chi connectivity index (χ0v) is 21.6. The van der Waals surface area contributed by atoms with Crippen LogP contribution in [0.5, 0.6) is 23.0 Å². The number of methoxy groups -OCH3 is 4. The summed E-state index contributed by atoms with van der Waals surface area (Å²) < 4.78 is 21.4. The second kappa shape index (κ2) is 10.6. The SMILES string of the molecule is COc1cc(NC(=S)N2CCC3(CCN(C(=O)c4cc(OC)ccc4OC)CC3)C2)cc(OC)c1. The lowest BCUT2D eigenvalue weighted by molar-refractivity contribution is 0.0595. The first kappa shape index (κ1) is 24.9. The largest absolute Gasteiger partial charge is 0.497 e. The molecule has 2 fully saturated rings. The van der Waals surface area contributed by atoms with E-state index in [-0.39, 0.29) is 11.3 Å². The zero-order valence-electron chi connectivity index (χ0n) is 20.8. The zero-order chi connectivity index (χ0) is 25.0. The molecule has 2 heterocycles. The fraction of sp³-hybridized carbons (Fsp3) is 0.462. The molecule has 2 aliphatic heterocycles. The van der Waals surface area contributed by atoms with E-state index < -0.39 is 0 Å². The average Bonchev–Trinajstić information content (AvgIpc) is 3.31. The standard InChI is InChI=1S/C26H33N3O5S/c1-31-19-5-6-23(34-4)22(16-19)24(30)28-10-7-26(8-11-28)9-12-29(17-26)25(35)27-18-13-20(32-2)15-21(14-18)33-3/h5-6,13-16H,7-12,17H2,1-4H3,(H,27,35). The van der Waals surface area contributed by atoms with Crippen molar-refractivity contribution in [1.82, 2.24) is 9.80 Å². The van der Waals surface area contributed by atoms with Crippen molar-refractivity contribution in [2.75, 3.05) is 59.9 Å². The van der Waals surface area contributed by atoms with E-state index >= 15 is 0 Å². The number of likely N-dealkylation sites (tertiary alicyclic amines) is 2. The van der Waals surface area contributed by atoms with Gasteiger partial charge in [-0.25, -0.2) is 0 Å². The fourth-order valence-corrected chi connectivity index (χ4v) is 5.21. The molecule has 2 aromatic rings. The van der Waals surface area contributed by atoms with Gasteiger partial charge in [0.25, 0.3) is 5.91 Å². The second-order valence-electron chi connectivity index (χ2n) is 9.06. The van der Waals surface area contributed by atoms with Crippen LogP contribution in [0.3, 0.4) is 0 Å². The van der Waals surface area contributed by atoms with Crippen molar-refractivity contribution in [3.05, 3.63) is 42.0 Å². The third-order valence-electron chi connectivity index (χ3n) is 7.08. The van der Waals surface area contributed by atoms with Gasteiger partial charge >= 0.3 is 0 Å². The minimum atomic E-state index is -0.0189. The molecule has 0 radical (unpaired) electrons. The number of nitrogens with zero attached hydrogens (tertiary/aromatic N) is 2. The Morgan fingerprint density at radius 3 is 2.00 bits per heavy atom. The summed E-state index contributed by atoms with van der Waals surface area (Å²) in [5.41, 5.74) is 1.53. The van der Waals surface area contributed by atoms with Crippen molar-refractivity contribution >= 4 is 28.9 Å². The van der Waals surface area contributed by atoms with E-state index in [1.807, 2.05) is 23.1 Å². The summed E-state index contributed by atoms with van der Waals surface area (Å²) in [6.07, 6.45) is 2.94. The van der Waals surface area contributed by atoms with Crippen molar-refractivity contribution < 1.29 is 23.7 Å². The van der Waals surface area contributed by atoms with Crippen LogP contribution in [0.4, 0.5) is 5.69 Å². The molecule has 2 saturated heterocycles. The topological polar surface area (TPSA) is 72.5 Å². The molecule has 0 aromatic heterocycles. The van der Waals surface area contributed by atoms with Gasteiger partial charge in [-0.15, -0.1) is 0 Å². The number of anilines is 1. The number of piperidine rings is 1. The molecule has 9 heteroatoms. The quantitative estimate of drug-likeness (QED) is 0.597. The number of rotatable bonds is 6. The third-order valence-corrected chi connectivity index (χ3v) is 7.44. The smallest absolute Gasteiger partial charge is 0.257 e. The normalized spacial score (nSPS) is 16.7. The first-order valence-corrected chi connectivity index (χ1v) is 12.1. The number of nitrogens with one attached hydrogen (secondary N) is 1. The second-order valence-corrected chi connectivity index (χ2v) is 9.45. The molecular weight excluding hydrogens is 466 g/mol. The van der Waals surface area contributed by atoms with Crippen LogP contribution in [-0.2, 0) is 0 Å². The highest BCUT2D eigenvalue weighted by atomic mass is 32.1. The Balaban J connectivity index is 1.37. The van der Waals surface area contributed by atoms with Gasteiger partial charge in [-0.2, -0.15) is 0 Å². The van der Waals surface area contributed by atoms with E-state index in [1.165, 1.54) is 0 Å². The van der Waals surface area contributed by atoms with E-state index in [0.29, 0.717) is 46.8 Å². The number of amides is 1. The van der Waals surface area contributed by atoms with Gasteiger partial charge in [-0.1, -0.05) is 0 Å². The fourth-order valence-electron chi connectivity index (χ4n) is 4.93. The Kier molecular flexibility index (Phi) is 7.54. The number of thiocarbonyl (C=S) groups is 1. The number of carbonyl (C=O) groups excluding carboxylic acids is 1. The van der Waals surface area contributed by atoms with Gasteiger partial charge in [0.05, 0.1) is 34.0 Å². The van der Waals surface area contributed by atoms with Crippen LogP contribution in [0.25, 0.3) is 0 Å². The van der Waals surface area contributed by atoms with Gasteiger partial charge in [-0.05, 0) is 55.1 Å². The Morgan fingerprint density at radius 1 is 0.829 bits per heavy atom. The van der Waals surface area contributed by atoms with E-state index in [1.54, 1.807) is 46.6 Å². The molecule has 0 saturated carbocycles. The molecule has 0 atom stereocenters. The number of hydrogen-bond acceptors (Lipinski definition) is 6. The number of benzene rings is 2. The highest BCUT2D eigenvalue weighted by Gasteiger charge is 2.42. The van der Waals surface area contributed by atoms with Crippen molar-refractivity contribution in [3.8, 4) is 23.0 Å². The van der Waals surface area contributed by atoms with Crippen LogP contribution in [0.1, 0.15) is 29.6 Å². The Morgan fingerprint density at radius 2 is 1.43 bits per heavy atom. The van der Waals surface area contributed by atoms with Crippen LogP contribution in [0.15, 0.2) is 36.4 Å². The van der Waals surface area contributed by atoms with Gasteiger partial charge in [0, 0.05) is 50.1 Å². The molecule has 2 aromatic carbocycles. The summed E-state index contributed by atoms with van der Waals surface area (Å²) in [6, 6.07) is 11.0. The van der Waals surface area contributed by atoms with Crippen molar-refractivity contribution in [2.45, 2.75) is 19.3 Å². The maximum Gasteiger partial charge on any atom is 0.257 e. The first-order chi connectivity index (χ1) is 16.9. The molecule has 4 rings (SSSR count). The summed E-state index contributed by atoms with van der Waals surface area (Å²) in [5.74, 6) is 2.60. The lowest BCUT2D eigenvalue weighted by Gasteiger charge is -2.39. The van der Waals surface area contributed by atoms with Crippen LogP contribution in [-0.4, -0.2) is 75.4 Å². The van der Waals surface area contributed by atoms with Gasteiger partial charge in [0.2, 0.25) is 0 Å². The molecule has 1 amide bonds. The van der Waals surface area contributed by atoms with Crippen LogP contribution >= 0.6 is 12.2 Å². The molecule has 188 valence electrons. The lowest BCUT2D eigenvalue weighted by atomic mass is 9.77. The van der Waals surface area contributed by atoms with E-state index in [0.717, 1.165) is 38.0 Å². The van der Waals surface area contributed by atoms with Crippen LogP contribution in [0, 0.1) is 5.41 Å². The summed E-state index contributed by atoms with van der Waals surface area (Å²) in [4.78, 5) is 17.4. The minimum absolute atomic E-state index is 0.0189. The van der Waals surface area contributed by atoms with Crippen LogP contribution < -0.4 is 24.3 Å². The molecule has 0 bridgehead atoms. The summed E-state index contributed by atoms with van der Waals surface area (Å²) in [5, 5.41) is 4.03. The van der Waals surface area contributed by atoms with Crippen LogP contribution in [0.2, 0.25) is 0 Å². The van der Waals surface area contributed by atoms with Gasteiger partial charge in [0.1, 0.15) is 23.0 Å². The Bertz CT molecular complexity index is 1060. The molecule has 0 unspecified atom stereocenters. The third kappa shape index (κ3) is 5.40. The van der Waals surface area contributed by atoms with E-state index in [9.17, 15) is 4.79 Å². The summed E-state index contributed by atoms with van der Waals surface area (Å²) >= 11 is 5.73. The number of hydrogen-bond donors (Lipinski definition) is 1. The summed E-state index contributed by atoms with van der Waals surface area (Å²) in [6.45, 7) is 3.19. The van der Waals surface area contributed by atoms with E-state index in [4.69, 9.17) is 31.2 Å². The Hall–Kier alpha value is -3.20. The van der Waals surface area contributed by atoms with Gasteiger partial charge in [-0.3, -0.25) is 4.79 Å². The molecule has 35 heavy (non-hydrogen) atoms. The highest BCUT2D eigenvalue weighted by Crippen LogP contribution is 2.41. The van der Waals surface area contributed by atoms with Gasteiger partial charge < -0.3 is 34.1 Å². The molecular formula is C26H33N3O5S. The van der Waals surface area contributed by atoms with E-state index in [2.05, 4.69) is 10.2 Å². The predicted molar refractivity (Wildman–Crippen MR) is 139 cm³/mol. The number of carbonyl (C=O) groups is 1. The summed E-state index contributed by atoms with van der Waals surface area (Å²) in [7, 11) is 6.43. The lowest BCUT2D eigenvalue weighted by Crippen LogP contribution is -2.45. The first-order valence-electron chi connectivity index (χ1n) is 11.7. The van der Waals surface area contributed by atoms with Crippen molar-refractivity contribution in [3.63, 3.8) is 0 Å². The minimum Gasteiger partial charge on any atom is -0.497 e. The average molecular weight is 500 g/mol. The number of ether oxygens (including phenoxy) is 4. The molecule has 2 aliphatic rings. The Labute approximate surface area is 212 Å². The molecule has 0 aliphatic carbocycles. The van der Waals surface area contributed by atoms with Crippen molar-refractivity contribution in [1.29, 1.82) is 0 Å². The maximum absolute atomic E-state index is 13.3. The predicted octanol–water partition coefficient (Wildman–Crippen LogP) is 4.05. The highest BCUT2D eigenvalue weighted by molar-refractivity contribution is 7.80. The monoisotopic (exact) mass is 499 g/mol. The molecule has 1 spiro atoms. The molecule has 8 nitrogen and oxygen atoms in total. The van der Waals surface area contributed by atoms with Crippen molar-refractivity contribution in [2.24, 2.45) is 5.41 Å². The maximum atomic E-state index is 13.3. The molecule has 1 N–H and O–H groups in total. The van der Waals surface area contributed by atoms with Gasteiger partial charge in [0.15, 0.2) is 5.11 Å².